The van der Waals surface area contributed by atoms with Crippen molar-refractivity contribution < 1.29 is 5.11 Å². The van der Waals surface area contributed by atoms with E-state index in [2.05, 4.69) is 40.7 Å². The monoisotopic (exact) mass is 194 g/mol. The Kier molecular flexibility index (Phi) is 2.55. The van der Waals surface area contributed by atoms with E-state index >= 15 is 0 Å². The Morgan fingerprint density at radius 1 is 1.29 bits per heavy atom. The standard InChI is InChI=1S/C13H22O/c1-9-7-10(12(2,3)4)8-13(5,6)11(9)14/h7,14H,8H2,1-6H3. The number of hydrogen-bond donors (Lipinski definition) is 1. The summed E-state index contributed by atoms with van der Waals surface area (Å²) in [5.41, 5.74) is 2.56. The van der Waals surface area contributed by atoms with Crippen LogP contribution in [0, 0.1) is 10.8 Å². The van der Waals surface area contributed by atoms with Crippen LogP contribution in [0.3, 0.4) is 0 Å². The minimum absolute atomic E-state index is 0.0958. The molecule has 1 aliphatic carbocycles. The highest BCUT2D eigenvalue weighted by Gasteiger charge is 2.33. The Morgan fingerprint density at radius 3 is 2.14 bits per heavy atom. The van der Waals surface area contributed by atoms with Gasteiger partial charge in [0.05, 0.1) is 0 Å². The van der Waals surface area contributed by atoms with E-state index < -0.39 is 0 Å². The van der Waals surface area contributed by atoms with Crippen LogP contribution in [0.1, 0.15) is 48.0 Å². The maximum absolute atomic E-state index is 9.92. The predicted molar refractivity (Wildman–Crippen MR) is 61.3 cm³/mol. The molecule has 1 heteroatoms. The number of hydrogen-bond acceptors (Lipinski definition) is 1. The van der Waals surface area contributed by atoms with Gasteiger partial charge < -0.3 is 5.11 Å². The van der Waals surface area contributed by atoms with Crippen molar-refractivity contribution in [2.24, 2.45) is 10.8 Å². The molecule has 1 aliphatic rings. The number of aliphatic hydroxyl groups excluding tert-OH is 1. The van der Waals surface area contributed by atoms with Gasteiger partial charge in [-0.3, -0.25) is 0 Å². The van der Waals surface area contributed by atoms with Crippen molar-refractivity contribution in [2.45, 2.75) is 48.0 Å². The molecule has 0 saturated carbocycles. The van der Waals surface area contributed by atoms with E-state index in [0.717, 1.165) is 12.0 Å². The number of allylic oxidation sites excluding steroid dienone is 4. The first-order valence-corrected chi connectivity index (χ1v) is 5.26. The molecule has 0 aliphatic heterocycles. The SMILES string of the molecule is CC1=C(O)C(C)(C)CC(C(C)(C)C)=C1. The minimum Gasteiger partial charge on any atom is -0.511 e. The summed E-state index contributed by atoms with van der Waals surface area (Å²) in [5.74, 6) is 0.547. The largest absolute Gasteiger partial charge is 0.511 e. The van der Waals surface area contributed by atoms with Crippen LogP contribution in [0.2, 0.25) is 0 Å². The number of rotatable bonds is 0. The molecule has 0 atom stereocenters. The summed E-state index contributed by atoms with van der Waals surface area (Å²) in [6.45, 7) is 12.9. The first kappa shape index (κ1) is 11.4. The highest BCUT2D eigenvalue weighted by atomic mass is 16.3. The summed E-state index contributed by atoms with van der Waals surface area (Å²) in [6, 6.07) is 0. The average molecular weight is 194 g/mol. The van der Waals surface area contributed by atoms with E-state index in [4.69, 9.17) is 0 Å². The highest BCUT2D eigenvalue weighted by molar-refractivity contribution is 5.35. The molecule has 0 spiro atoms. The Labute approximate surface area is 87.5 Å². The molecule has 0 saturated heterocycles. The molecule has 0 radical (unpaired) electrons. The molecular weight excluding hydrogens is 172 g/mol. The zero-order chi connectivity index (χ0) is 11.1. The predicted octanol–water partition coefficient (Wildman–Crippen LogP) is 4.22. The van der Waals surface area contributed by atoms with Crippen LogP contribution >= 0.6 is 0 Å². The molecule has 0 fully saturated rings. The second-order valence-corrected chi connectivity index (χ2v) is 6.01. The normalized spacial score (nSPS) is 22.3. The molecule has 80 valence electrons. The van der Waals surface area contributed by atoms with Crippen LogP contribution in [0.5, 0.6) is 0 Å². The lowest BCUT2D eigenvalue weighted by molar-refractivity contribution is 0.235. The van der Waals surface area contributed by atoms with E-state index in [1.54, 1.807) is 0 Å². The van der Waals surface area contributed by atoms with Crippen LogP contribution in [-0.2, 0) is 0 Å². The fourth-order valence-corrected chi connectivity index (χ4v) is 1.96. The van der Waals surface area contributed by atoms with Crippen LogP contribution in [-0.4, -0.2) is 5.11 Å². The fraction of sp³-hybridized carbons (Fsp3) is 0.692. The van der Waals surface area contributed by atoms with Gasteiger partial charge in [0, 0.05) is 5.41 Å². The third kappa shape index (κ3) is 2.02. The van der Waals surface area contributed by atoms with Gasteiger partial charge in [0.2, 0.25) is 0 Å². The molecule has 0 heterocycles. The zero-order valence-electron chi connectivity index (χ0n) is 10.2. The second-order valence-electron chi connectivity index (χ2n) is 6.01. The van der Waals surface area contributed by atoms with Gasteiger partial charge in [-0.2, -0.15) is 0 Å². The Morgan fingerprint density at radius 2 is 1.79 bits per heavy atom. The van der Waals surface area contributed by atoms with Gasteiger partial charge in [0.1, 0.15) is 5.76 Å². The fourth-order valence-electron chi connectivity index (χ4n) is 1.96. The Bertz CT molecular complexity index is 298. The lowest BCUT2D eigenvalue weighted by Crippen LogP contribution is -2.25. The zero-order valence-corrected chi connectivity index (χ0v) is 10.2. The quantitative estimate of drug-likeness (QED) is 0.612. The Balaban J connectivity index is 3.14. The summed E-state index contributed by atoms with van der Waals surface area (Å²) in [6.07, 6.45) is 3.10. The molecule has 0 unspecified atom stereocenters. The molecule has 1 rings (SSSR count). The first-order chi connectivity index (χ1) is 6.14. The lowest BCUT2D eigenvalue weighted by atomic mass is 9.70. The van der Waals surface area contributed by atoms with Crippen LogP contribution in [0.4, 0.5) is 0 Å². The summed E-state index contributed by atoms with van der Waals surface area (Å²) < 4.78 is 0. The molecule has 0 aromatic carbocycles. The average Bonchev–Trinajstić information content (AvgIpc) is 1.97. The molecule has 14 heavy (non-hydrogen) atoms. The van der Waals surface area contributed by atoms with Crippen molar-refractivity contribution in [3.63, 3.8) is 0 Å². The first-order valence-electron chi connectivity index (χ1n) is 5.26. The van der Waals surface area contributed by atoms with Crippen molar-refractivity contribution in [1.29, 1.82) is 0 Å². The van der Waals surface area contributed by atoms with Crippen LogP contribution in [0.15, 0.2) is 23.0 Å². The highest BCUT2D eigenvalue weighted by Crippen LogP contribution is 2.43. The van der Waals surface area contributed by atoms with Gasteiger partial charge in [-0.1, -0.05) is 46.3 Å². The summed E-state index contributed by atoms with van der Waals surface area (Å²) in [7, 11) is 0. The van der Waals surface area contributed by atoms with Gasteiger partial charge in [-0.05, 0) is 24.3 Å². The molecule has 1 N–H and O–H groups in total. The van der Waals surface area contributed by atoms with Gasteiger partial charge in [0.25, 0.3) is 0 Å². The van der Waals surface area contributed by atoms with Gasteiger partial charge in [-0.25, -0.2) is 0 Å². The third-order valence-corrected chi connectivity index (χ3v) is 3.00. The van der Waals surface area contributed by atoms with E-state index in [1.165, 1.54) is 5.57 Å². The summed E-state index contributed by atoms with van der Waals surface area (Å²) in [5, 5.41) is 9.92. The Hall–Kier alpha value is -0.720. The molecule has 1 nitrogen and oxygen atoms in total. The molecule has 0 aromatic heterocycles. The van der Waals surface area contributed by atoms with Crippen LogP contribution < -0.4 is 0 Å². The van der Waals surface area contributed by atoms with Gasteiger partial charge in [-0.15, -0.1) is 0 Å². The second kappa shape index (κ2) is 3.15. The summed E-state index contributed by atoms with van der Waals surface area (Å²) >= 11 is 0. The molecule has 0 amide bonds. The molecule has 0 aromatic rings. The maximum atomic E-state index is 9.92. The number of aliphatic hydroxyl groups is 1. The van der Waals surface area contributed by atoms with Crippen molar-refractivity contribution in [3.05, 3.63) is 23.0 Å². The van der Waals surface area contributed by atoms with Crippen molar-refractivity contribution in [2.75, 3.05) is 0 Å². The van der Waals surface area contributed by atoms with E-state index in [1.807, 2.05) is 6.92 Å². The van der Waals surface area contributed by atoms with E-state index in [0.29, 0.717) is 5.76 Å². The van der Waals surface area contributed by atoms with E-state index in [-0.39, 0.29) is 10.8 Å². The van der Waals surface area contributed by atoms with Crippen LogP contribution in [0.25, 0.3) is 0 Å². The maximum Gasteiger partial charge on any atom is 0.101 e. The van der Waals surface area contributed by atoms with Crippen molar-refractivity contribution in [1.82, 2.24) is 0 Å². The van der Waals surface area contributed by atoms with Gasteiger partial charge >= 0.3 is 0 Å². The van der Waals surface area contributed by atoms with E-state index in [9.17, 15) is 5.11 Å². The topological polar surface area (TPSA) is 20.2 Å². The smallest absolute Gasteiger partial charge is 0.101 e. The van der Waals surface area contributed by atoms with Gasteiger partial charge in [0.15, 0.2) is 0 Å². The molecule has 0 bridgehead atoms. The minimum atomic E-state index is -0.0958. The molecular formula is C13H22O. The van der Waals surface area contributed by atoms with Crippen molar-refractivity contribution in [3.8, 4) is 0 Å². The third-order valence-electron chi connectivity index (χ3n) is 3.00. The van der Waals surface area contributed by atoms with Crippen molar-refractivity contribution >= 4 is 0 Å². The lowest BCUT2D eigenvalue weighted by Gasteiger charge is -2.35. The summed E-state index contributed by atoms with van der Waals surface area (Å²) in [4.78, 5) is 0.